The van der Waals surface area contributed by atoms with Crippen molar-refractivity contribution >= 4 is 27.5 Å². The van der Waals surface area contributed by atoms with E-state index in [9.17, 15) is 26.8 Å². The number of nitrogens with one attached hydrogen (secondary N) is 1. The van der Waals surface area contributed by atoms with Crippen LogP contribution in [0.25, 0.3) is 0 Å². The third-order valence-electron chi connectivity index (χ3n) is 7.39. The summed E-state index contributed by atoms with van der Waals surface area (Å²) in [7, 11) is -3.27. The van der Waals surface area contributed by atoms with Gasteiger partial charge in [-0.1, -0.05) is 25.5 Å². The number of sulfone groups is 1. The Morgan fingerprint density at radius 1 is 1.00 bits per heavy atom. The summed E-state index contributed by atoms with van der Waals surface area (Å²) in [6.45, 7) is 4.72. The Balaban J connectivity index is 1.33. The molecule has 0 aromatic heterocycles. The number of hydrogen-bond donors (Lipinski definition) is 2. The lowest BCUT2D eigenvalue weighted by Gasteiger charge is -2.38. The zero-order chi connectivity index (χ0) is 31.1. The molecular weight excluding hydrogens is 578 g/mol. The van der Waals surface area contributed by atoms with Crippen molar-refractivity contribution in [3.63, 3.8) is 0 Å². The van der Waals surface area contributed by atoms with Crippen LogP contribution < -0.4 is 15.8 Å². The van der Waals surface area contributed by atoms with Crippen LogP contribution in [0.1, 0.15) is 48.5 Å². The van der Waals surface area contributed by atoms with Crippen LogP contribution in [0.3, 0.4) is 0 Å². The maximum absolute atomic E-state index is 14.4. The number of benzene rings is 3. The van der Waals surface area contributed by atoms with Crippen LogP contribution in [-0.2, 0) is 16.4 Å². The minimum atomic E-state index is -3.27. The van der Waals surface area contributed by atoms with E-state index in [2.05, 4.69) is 10.2 Å². The van der Waals surface area contributed by atoms with E-state index < -0.39 is 39.0 Å². The molecule has 1 heterocycles. The largest absolute Gasteiger partial charge is 0.457 e. The van der Waals surface area contributed by atoms with Crippen LogP contribution in [0.4, 0.5) is 19.3 Å². The van der Waals surface area contributed by atoms with E-state index >= 15 is 0 Å². The van der Waals surface area contributed by atoms with Gasteiger partial charge in [-0.2, -0.15) is 0 Å². The van der Waals surface area contributed by atoms with Gasteiger partial charge in [-0.15, -0.1) is 0 Å². The molecule has 0 unspecified atom stereocenters. The molecule has 3 amide bonds. The molecule has 1 fully saturated rings. The van der Waals surface area contributed by atoms with Gasteiger partial charge in [0, 0.05) is 44.5 Å². The van der Waals surface area contributed by atoms with Crippen molar-refractivity contribution in [2.45, 2.75) is 50.1 Å². The lowest BCUT2D eigenvalue weighted by Crippen LogP contribution is -2.49. The number of halogens is 2. The Morgan fingerprint density at radius 2 is 1.60 bits per heavy atom. The molecule has 0 aliphatic carbocycles. The van der Waals surface area contributed by atoms with Gasteiger partial charge in [-0.3, -0.25) is 9.69 Å². The zero-order valence-corrected chi connectivity index (χ0v) is 25.0. The number of unbranched alkanes of at least 4 members (excludes halogenated alkanes) is 1. The first kappa shape index (κ1) is 31.9. The van der Waals surface area contributed by atoms with E-state index in [0.717, 1.165) is 56.7 Å². The molecule has 0 saturated carbocycles. The van der Waals surface area contributed by atoms with Crippen molar-refractivity contribution in [1.29, 1.82) is 0 Å². The Labute approximate surface area is 250 Å². The van der Waals surface area contributed by atoms with Crippen LogP contribution in [0.5, 0.6) is 11.5 Å². The number of rotatable bonds is 11. The molecule has 230 valence electrons. The first-order valence-corrected chi connectivity index (χ1v) is 16.0. The molecule has 43 heavy (non-hydrogen) atoms. The number of hydrogen-bond acceptors (Lipinski definition) is 6. The summed E-state index contributed by atoms with van der Waals surface area (Å²) in [5.41, 5.74) is 5.48. The average molecular weight is 615 g/mol. The highest BCUT2D eigenvalue weighted by Crippen LogP contribution is 2.26. The number of carbonyl (C=O) groups excluding carboxylic acids is 2. The number of piperidine rings is 1. The van der Waals surface area contributed by atoms with Gasteiger partial charge in [0.1, 0.15) is 23.1 Å². The molecule has 0 atom stereocenters. The second kappa shape index (κ2) is 14.0. The van der Waals surface area contributed by atoms with Gasteiger partial charge < -0.3 is 20.7 Å². The number of amides is 3. The summed E-state index contributed by atoms with van der Waals surface area (Å²) >= 11 is 0. The second-order valence-corrected chi connectivity index (χ2v) is 12.7. The van der Waals surface area contributed by atoms with Crippen molar-refractivity contribution in [2.75, 3.05) is 31.2 Å². The van der Waals surface area contributed by atoms with Gasteiger partial charge in [-0.25, -0.2) is 22.0 Å². The summed E-state index contributed by atoms with van der Waals surface area (Å²) in [5, 5.41) is 2.51. The van der Waals surface area contributed by atoms with Crippen molar-refractivity contribution in [3.8, 4) is 11.5 Å². The number of anilines is 1. The molecule has 12 heteroatoms. The molecule has 0 bridgehead atoms. The van der Waals surface area contributed by atoms with E-state index in [1.807, 2.05) is 31.2 Å². The molecule has 3 N–H and O–H groups in total. The van der Waals surface area contributed by atoms with Crippen LogP contribution in [0.15, 0.2) is 65.6 Å². The molecule has 3 aromatic rings. The minimum Gasteiger partial charge on any atom is -0.457 e. The third kappa shape index (κ3) is 8.51. The van der Waals surface area contributed by atoms with E-state index in [-0.39, 0.29) is 16.6 Å². The zero-order valence-electron chi connectivity index (χ0n) is 24.2. The number of primary amides is 1. The highest BCUT2D eigenvalue weighted by atomic mass is 32.2. The second-order valence-electron chi connectivity index (χ2n) is 10.7. The number of urea groups is 1. The molecule has 9 nitrogen and oxygen atoms in total. The molecule has 1 aliphatic heterocycles. The predicted octanol–water partition coefficient (Wildman–Crippen LogP) is 5.56. The van der Waals surface area contributed by atoms with Crippen LogP contribution in [-0.4, -0.2) is 62.1 Å². The summed E-state index contributed by atoms with van der Waals surface area (Å²) in [4.78, 5) is 28.9. The van der Waals surface area contributed by atoms with Crippen molar-refractivity contribution in [2.24, 2.45) is 5.73 Å². The topological polar surface area (TPSA) is 122 Å². The maximum Gasteiger partial charge on any atom is 0.322 e. The molecule has 1 saturated heterocycles. The molecule has 0 radical (unpaired) electrons. The van der Waals surface area contributed by atoms with Gasteiger partial charge in [0.25, 0.3) is 5.91 Å². The number of nitrogens with zero attached hydrogens (tertiary/aromatic N) is 2. The van der Waals surface area contributed by atoms with E-state index in [1.165, 1.54) is 12.1 Å². The maximum atomic E-state index is 14.4. The van der Waals surface area contributed by atoms with Crippen LogP contribution >= 0.6 is 0 Å². The SMILES string of the molecule is CCCCN(C(=O)Nc1cc(C(N)=O)c(F)cc1F)C1CCN(Cc2ccc(Oc3ccc(S(C)(=O)=O)cc3)cc2)CC1. The summed E-state index contributed by atoms with van der Waals surface area (Å²) in [6.07, 6.45) is 4.23. The quantitative estimate of drug-likeness (QED) is 0.292. The van der Waals surface area contributed by atoms with Gasteiger partial charge in [0.15, 0.2) is 9.84 Å². The van der Waals surface area contributed by atoms with Crippen molar-refractivity contribution in [1.82, 2.24) is 9.80 Å². The van der Waals surface area contributed by atoms with E-state index in [4.69, 9.17) is 10.5 Å². The minimum absolute atomic E-state index is 0.0632. The molecule has 1 aliphatic rings. The molecule has 0 spiro atoms. The fraction of sp³-hybridized carbons (Fsp3) is 0.355. The Hall–Kier alpha value is -4.03. The van der Waals surface area contributed by atoms with E-state index in [1.54, 1.807) is 17.0 Å². The number of likely N-dealkylation sites (tertiary alicyclic amines) is 1. The predicted molar refractivity (Wildman–Crippen MR) is 160 cm³/mol. The van der Waals surface area contributed by atoms with Crippen molar-refractivity contribution in [3.05, 3.63) is 83.4 Å². The highest BCUT2D eigenvalue weighted by Gasteiger charge is 2.28. The Bertz CT molecular complexity index is 1540. The first-order valence-electron chi connectivity index (χ1n) is 14.1. The molecule has 4 rings (SSSR count). The average Bonchev–Trinajstić information content (AvgIpc) is 2.96. The smallest absolute Gasteiger partial charge is 0.322 e. The summed E-state index contributed by atoms with van der Waals surface area (Å²) < 4.78 is 57.4. The number of nitrogens with two attached hydrogens (primary N) is 1. The van der Waals surface area contributed by atoms with Gasteiger partial charge in [0.05, 0.1) is 16.1 Å². The molecular formula is C31H36F2N4O5S. The van der Waals surface area contributed by atoms with Crippen LogP contribution in [0.2, 0.25) is 0 Å². The number of ether oxygens (including phenoxy) is 1. The van der Waals surface area contributed by atoms with E-state index in [0.29, 0.717) is 30.7 Å². The van der Waals surface area contributed by atoms with Crippen LogP contribution in [0, 0.1) is 11.6 Å². The monoisotopic (exact) mass is 614 g/mol. The van der Waals surface area contributed by atoms with Gasteiger partial charge in [0.2, 0.25) is 0 Å². The summed E-state index contributed by atoms with van der Waals surface area (Å²) in [5.74, 6) is -1.95. The standard InChI is InChI=1S/C31H36F2N4O5S/c1-3-4-15-37(31(39)35-29-18-26(30(34)38)27(32)19-28(29)33)22-13-16-36(17-14-22)20-21-5-7-23(8-6-21)42-24-9-11-25(12-10-24)43(2,40)41/h5-12,18-19,22H,3-4,13-17,20H2,1-2H3,(H2,34,38)(H,35,39). The van der Waals surface area contributed by atoms with Gasteiger partial charge >= 0.3 is 6.03 Å². The molecule has 3 aromatic carbocycles. The Morgan fingerprint density at radius 3 is 2.16 bits per heavy atom. The fourth-order valence-corrected chi connectivity index (χ4v) is 5.63. The Kier molecular flexibility index (Phi) is 10.4. The normalized spacial score (nSPS) is 14.3. The lowest BCUT2D eigenvalue weighted by atomic mass is 10.0. The third-order valence-corrected chi connectivity index (χ3v) is 8.52. The number of carbonyl (C=O) groups is 2. The lowest BCUT2D eigenvalue weighted by molar-refractivity contribution is 0.0996. The fourth-order valence-electron chi connectivity index (χ4n) is 5.00. The van der Waals surface area contributed by atoms with Crippen molar-refractivity contribution < 1.29 is 31.5 Å². The first-order chi connectivity index (χ1) is 20.4. The summed E-state index contributed by atoms with van der Waals surface area (Å²) in [6, 6.07) is 14.8. The highest BCUT2D eigenvalue weighted by molar-refractivity contribution is 7.90. The van der Waals surface area contributed by atoms with Gasteiger partial charge in [-0.05, 0) is 67.3 Å².